The van der Waals surface area contributed by atoms with Crippen LogP contribution in [-0.2, 0) is 0 Å². The molecule has 5 rings (SSSR count). The number of nitrogens with one attached hydrogen (secondary N) is 1. The zero-order valence-electron chi connectivity index (χ0n) is 20.7. The van der Waals surface area contributed by atoms with Gasteiger partial charge in [-0.1, -0.05) is 6.07 Å². The minimum atomic E-state index is -0.0864. The van der Waals surface area contributed by atoms with E-state index >= 15 is 0 Å². The summed E-state index contributed by atoms with van der Waals surface area (Å²) in [5.41, 5.74) is 7.82. The predicted octanol–water partition coefficient (Wildman–Crippen LogP) is 5.44. The second-order valence-electron chi connectivity index (χ2n) is 9.26. The third-order valence-corrected chi connectivity index (χ3v) is 6.98. The van der Waals surface area contributed by atoms with Crippen molar-refractivity contribution in [2.24, 2.45) is 0 Å². The molecule has 1 fully saturated rings. The highest BCUT2D eigenvalue weighted by Crippen LogP contribution is 2.43. The van der Waals surface area contributed by atoms with Crippen LogP contribution in [-0.4, -0.2) is 33.7 Å². The van der Waals surface area contributed by atoms with E-state index in [1.165, 1.54) is 11.1 Å². The molecule has 1 aliphatic rings. The van der Waals surface area contributed by atoms with Crippen molar-refractivity contribution in [3.63, 3.8) is 0 Å². The average Bonchev–Trinajstić information content (AvgIpc) is 3.34. The number of rotatable bonds is 5. The van der Waals surface area contributed by atoms with Crippen LogP contribution in [0.25, 0.3) is 5.82 Å². The Balaban J connectivity index is 1.66. The molecule has 7 heteroatoms. The van der Waals surface area contributed by atoms with Gasteiger partial charge >= 0.3 is 0 Å². The van der Waals surface area contributed by atoms with Crippen molar-refractivity contribution in [2.45, 2.75) is 32.9 Å². The summed E-state index contributed by atoms with van der Waals surface area (Å²) in [4.78, 5) is 13.7. The summed E-state index contributed by atoms with van der Waals surface area (Å²) in [7, 11) is 4.09. The van der Waals surface area contributed by atoms with E-state index in [1.54, 1.807) is 0 Å². The maximum Gasteiger partial charge on any atom is 0.174 e. The van der Waals surface area contributed by atoms with Crippen molar-refractivity contribution in [1.29, 1.82) is 0 Å². The lowest BCUT2D eigenvalue weighted by Gasteiger charge is -2.28. The number of thiocarbonyl (C=S) groups is 1. The van der Waals surface area contributed by atoms with Crippen molar-refractivity contribution in [1.82, 2.24) is 19.9 Å². The fourth-order valence-corrected chi connectivity index (χ4v) is 5.29. The maximum absolute atomic E-state index is 5.91. The van der Waals surface area contributed by atoms with E-state index in [9.17, 15) is 0 Å². The molecule has 1 aromatic carbocycles. The van der Waals surface area contributed by atoms with Gasteiger partial charge in [-0.05, 0) is 98.7 Å². The number of nitrogens with zero attached hydrogens (tertiary/aromatic N) is 5. The smallest absolute Gasteiger partial charge is 0.174 e. The van der Waals surface area contributed by atoms with Gasteiger partial charge in [-0.25, -0.2) is 4.98 Å². The van der Waals surface area contributed by atoms with Crippen molar-refractivity contribution < 1.29 is 0 Å². The fourth-order valence-electron chi connectivity index (χ4n) is 4.94. The van der Waals surface area contributed by atoms with Crippen LogP contribution < -0.4 is 15.1 Å². The molecule has 35 heavy (non-hydrogen) atoms. The van der Waals surface area contributed by atoms with Crippen LogP contribution in [0.1, 0.15) is 40.3 Å². The summed E-state index contributed by atoms with van der Waals surface area (Å²) >= 11 is 5.91. The number of benzene rings is 1. The Kier molecular flexibility index (Phi) is 6.03. The summed E-state index contributed by atoms with van der Waals surface area (Å²) in [5, 5.41) is 4.27. The largest absolute Gasteiger partial charge is 0.378 e. The van der Waals surface area contributed by atoms with Gasteiger partial charge in [0, 0.05) is 49.3 Å². The normalized spacial score (nSPS) is 17.5. The predicted molar refractivity (Wildman–Crippen MR) is 146 cm³/mol. The lowest BCUT2D eigenvalue weighted by molar-refractivity contribution is 0.565. The molecule has 6 nitrogen and oxygen atoms in total. The number of aryl methyl sites for hydroxylation is 2. The summed E-state index contributed by atoms with van der Waals surface area (Å²) in [6.07, 6.45) is 3.70. The standard InChI is InChI=1S/C28H30N6S/c1-18-13-15-30-25(16-18)33-19(2)17-23(20(33)3)27-26(24-8-6-7-14-29-24)31-28(35)34(27)22-11-9-21(10-12-22)32(4)5/h6-17,26-27H,1-5H3,(H,31,35)/t26-,27+/m1/s1. The SMILES string of the molecule is Cc1ccnc(-n2c(C)cc([C@H]3[C@@H](c4ccccn4)NC(=S)N3c3ccc(N(C)C)cc3)c2C)c1. The molecule has 0 spiro atoms. The number of hydrogen-bond acceptors (Lipinski definition) is 4. The molecule has 0 bridgehead atoms. The van der Waals surface area contributed by atoms with E-state index in [-0.39, 0.29) is 12.1 Å². The van der Waals surface area contributed by atoms with E-state index in [1.807, 2.05) is 44.7 Å². The van der Waals surface area contributed by atoms with Gasteiger partial charge in [0.1, 0.15) is 5.82 Å². The van der Waals surface area contributed by atoms with Crippen LogP contribution in [0.3, 0.4) is 0 Å². The van der Waals surface area contributed by atoms with E-state index in [4.69, 9.17) is 17.2 Å². The van der Waals surface area contributed by atoms with Crippen molar-refractivity contribution in [3.8, 4) is 5.82 Å². The lowest BCUT2D eigenvalue weighted by atomic mass is 9.96. The molecule has 1 N–H and O–H groups in total. The van der Waals surface area contributed by atoms with Gasteiger partial charge in [0.15, 0.2) is 5.11 Å². The minimum Gasteiger partial charge on any atom is -0.378 e. The molecular weight excluding hydrogens is 452 g/mol. The Bertz CT molecular complexity index is 1360. The van der Waals surface area contributed by atoms with Crippen molar-refractivity contribution in [3.05, 3.63) is 101 Å². The zero-order valence-corrected chi connectivity index (χ0v) is 21.5. The molecule has 4 heterocycles. The Hall–Kier alpha value is -3.71. The quantitative estimate of drug-likeness (QED) is 0.383. The molecule has 2 atom stereocenters. The Morgan fingerprint density at radius 2 is 1.69 bits per heavy atom. The van der Waals surface area contributed by atoms with Crippen molar-refractivity contribution in [2.75, 3.05) is 23.9 Å². The zero-order chi connectivity index (χ0) is 24.7. The minimum absolute atomic E-state index is 0.0626. The molecule has 1 aliphatic heterocycles. The molecular formula is C28H30N6S. The van der Waals surface area contributed by atoms with Crippen LogP contribution in [0, 0.1) is 20.8 Å². The van der Waals surface area contributed by atoms with Crippen LogP contribution in [0.4, 0.5) is 11.4 Å². The first-order valence-corrected chi connectivity index (χ1v) is 12.2. The van der Waals surface area contributed by atoms with Gasteiger partial charge in [-0.15, -0.1) is 0 Å². The van der Waals surface area contributed by atoms with E-state index in [0.29, 0.717) is 5.11 Å². The highest BCUT2D eigenvalue weighted by atomic mass is 32.1. The highest BCUT2D eigenvalue weighted by Gasteiger charge is 2.42. The molecule has 0 radical (unpaired) electrons. The maximum atomic E-state index is 5.91. The molecule has 178 valence electrons. The van der Waals surface area contributed by atoms with Gasteiger partial charge in [-0.3, -0.25) is 4.98 Å². The van der Waals surface area contributed by atoms with Gasteiger partial charge in [-0.2, -0.15) is 0 Å². The third-order valence-electron chi connectivity index (χ3n) is 6.66. The number of anilines is 2. The van der Waals surface area contributed by atoms with Gasteiger partial charge < -0.3 is 19.7 Å². The number of pyridine rings is 2. The first kappa shape index (κ1) is 23.1. The fraction of sp³-hybridized carbons (Fsp3) is 0.250. The second-order valence-corrected chi connectivity index (χ2v) is 9.65. The molecule has 1 saturated heterocycles. The van der Waals surface area contributed by atoms with E-state index in [0.717, 1.165) is 34.3 Å². The topological polar surface area (TPSA) is 49.2 Å². The molecule has 0 saturated carbocycles. The summed E-state index contributed by atoms with van der Waals surface area (Å²) in [6, 6.07) is 20.8. The first-order valence-electron chi connectivity index (χ1n) is 11.7. The van der Waals surface area contributed by atoms with Crippen LogP contribution in [0.2, 0.25) is 0 Å². The second kappa shape index (κ2) is 9.15. The van der Waals surface area contributed by atoms with Crippen LogP contribution in [0.15, 0.2) is 73.1 Å². The number of aromatic nitrogens is 3. The van der Waals surface area contributed by atoms with E-state index in [2.05, 4.69) is 87.9 Å². The number of hydrogen-bond donors (Lipinski definition) is 1. The highest BCUT2D eigenvalue weighted by molar-refractivity contribution is 7.80. The Labute approximate surface area is 212 Å². The Morgan fingerprint density at radius 3 is 2.34 bits per heavy atom. The van der Waals surface area contributed by atoms with Gasteiger partial charge in [0.2, 0.25) is 0 Å². The molecule has 0 aliphatic carbocycles. The molecule has 0 amide bonds. The first-order chi connectivity index (χ1) is 16.8. The summed E-state index contributed by atoms with van der Waals surface area (Å²) < 4.78 is 2.23. The molecule has 0 unspecified atom stereocenters. The van der Waals surface area contributed by atoms with Gasteiger partial charge in [0.05, 0.1) is 17.8 Å². The Morgan fingerprint density at radius 1 is 0.914 bits per heavy atom. The lowest BCUT2D eigenvalue weighted by Crippen LogP contribution is -2.29. The van der Waals surface area contributed by atoms with Crippen LogP contribution in [0.5, 0.6) is 0 Å². The van der Waals surface area contributed by atoms with Gasteiger partial charge in [0.25, 0.3) is 0 Å². The summed E-state index contributed by atoms with van der Waals surface area (Å²) in [5.74, 6) is 0.927. The van der Waals surface area contributed by atoms with Crippen LogP contribution >= 0.6 is 12.2 Å². The average molecular weight is 483 g/mol. The van der Waals surface area contributed by atoms with Crippen molar-refractivity contribution >= 4 is 28.7 Å². The monoisotopic (exact) mass is 482 g/mol. The molecule has 4 aromatic rings. The summed E-state index contributed by atoms with van der Waals surface area (Å²) in [6.45, 7) is 6.39. The van der Waals surface area contributed by atoms with E-state index < -0.39 is 0 Å². The molecule has 3 aromatic heterocycles. The third kappa shape index (κ3) is 4.17.